The van der Waals surface area contributed by atoms with Crippen LogP contribution in [0.4, 0.5) is 0 Å². The first kappa shape index (κ1) is 24.5. The molecule has 0 radical (unpaired) electrons. The van der Waals surface area contributed by atoms with Gasteiger partial charge in [-0.2, -0.15) is 0 Å². The van der Waals surface area contributed by atoms with E-state index in [0.29, 0.717) is 25.4 Å². The van der Waals surface area contributed by atoms with Crippen LogP contribution in [0.15, 0.2) is 20.0 Å². The molecule has 148 valence electrons. The van der Waals surface area contributed by atoms with E-state index in [0.717, 1.165) is 32.1 Å². The van der Waals surface area contributed by atoms with Crippen molar-refractivity contribution in [1.29, 1.82) is 0 Å². The molecule has 3 atom stereocenters. The lowest BCUT2D eigenvalue weighted by atomic mass is 9.82. The maximum atomic E-state index is 10.00. The predicted octanol–water partition coefficient (Wildman–Crippen LogP) is 3.07. The Balaban J connectivity index is 0.000000511. The summed E-state index contributed by atoms with van der Waals surface area (Å²) >= 11 is 0. The van der Waals surface area contributed by atoms with Crippen molar-refractivity contribution >= 4 is 24.3 Å². The maximum Gasteiger partial charge on any atom is 0.235 e. The maximum absolute atomic E-state index is 10.00. The van der Waals surface area contributed by atoms with Gasteiger partial charge in [0.25, 0.3) is 0 Å². The normalized spacial score (nSPS) is 19.5. The highest BCUT2D eigenvalue weighted by Crippen LogP contribution is 2.27. The average molecular weight is 376 g/mol. The van der Waals surface area contributed by atoms with Gasteiger partial charge in [0, 0.05) is 0 Å². The molecule has 0 aromatic carbocycles. The Labute approximate surface area is 160 Å². The van der Waals surface area contributed by atoms with Crippen LogP contribution in [-0.2, 0) is 19.2 Å². The third-order valence-electron chi connectivity index (χ3n) is 4.36. The average Bonchev–Trinajstić information content (AvgIpc) is 2.61. The number of isocyanates is 4. The first-order chi connectivity index (χ1) is 12.9. The minimum atomic E-state index is 0.00171. The fourth-order valence-corrected chi connectivity index (χ4v) is 3.21. The molecule has 0 saturated heterocycles. The van der Waals surface area contributed by atoms with Gasteiger partial charge in [-0.25, -0.2) is 39.1 Å². The zero-order valence-corrected chi connectivity index (χ0v) is 16.3. The van der Waals surface area contributed by atoms with Crippen LogP contribution in [0.2, 0.25) is 0 Å². The lowest BCUT2D eigenvalue weighted by molar-refractivity contribution is 0.280. The first-order valence-corrected chi connectivity index (χ1v) is 9.09. The summed E-state index contributed by atoms with van der Waals surface area (Å²) in [6.45, 7) is 7.25. The van der Waals surface area contributed by atoms with Gasteiger partial charge in [-0.05, 0) is 49.9 Å². The van der Waals surface area contributed by atoms with Crippen molar-refractivity contribution in [3.63, 3.8) is 0 Å². The van der Waals surface area contributed by atoms with Gasteiger partial charge in [0.05, 0.1) is 25.2 Å². The molecular formula is C19H28N4O4. The van der Waals surface area contributed by atoms with Crippen molar-refractivity contribution in [3.8, 4) is 0 Å². The zero-order valence-electron chi connectivity index (χ0n) is 16.3. The molecule has 8 heteroatoms. The van der Waals surface area contributed by atoms with E-state index in [9.17, 15) is 19.2 Å². The minimum absolute atomic E-state index is 0.00171. The molecule has 0 aromatic heterocycles. The Hall–Kier alpha value is -2.48. The molecule has 1 saturated carbocycles. The van der Waals surface area contributed by atoms with Crippen molar-refractivity contribution < 1.29 is 19.2 Å². The highest BCUT2D eigenvalue weighted by atomic mass is 16.1. The summed E-state index contributed by atoms with van der Waals surface area (Å²) in [5.41, 5.74) is 0.00171. The third kappa shape index (κ3) is 13.4. The third-order valence-corrected chi connectivity index (χ3v) is 4.36. The fraction of sp³-hybridized carbons (Fsp3) is 0.789. The number of nitrogens with zero attached hydrogens (tertiary/aromatic N) is 4. The summed E-state index contributed by atoms with van der Waals surface area (Å²) in [5, 5.41) is 0. The molecule has 0 aromatic rings. The first-order valence-electron chi connectivity index (χ1n) is 9.09. The molecule has 0 bridgehead atoms. The van der Waals surface area contributed by atoms with E-state index >= 15 is 0 Å². The second-order valence-corrected chi connectivity index (χ2v) is 7.56. The number of aliphatic imine (C=N–C) groups is 4. The van der Waals surface area contributed by atoms with Crippen LogP contribution in [0.1, 0.15) is 59.3 Å². The van der Waals surface area contributed by atoms with E-state index < -0.39 is 0 Å². The van der Waals surface area contributed by atoms with Gasteiger partial charge in [0.2, 0.25) is 24.3 Å². The van der Waals surface area contributed by atoms with Crippen LogP contribution in [0.5, 0.6) is 0 Å². The van der Waals surface area contributed by atoms with Crippen LogP contribution >= 0.6 is 0 Å². The summed E-state index contributed by atoms with van der Waals surface area (Å²) in [5.74, 6) is 0.457. The zero-order chi connectivity index (χ0) is 20.5. The van der Waals surface area contributed by atoms with E-state index in [1.807, 2.05) is 0 Å². The van der Waals surface area contributed by atoms with Crippen LogP contribution in [0.25, 0.3) is 0 Å². The highest BCUT2D eigenvalue weighted by molar-refractivity contribution is 5.35. The molecule has 1 aliphatic rings. The van der Waals surface area contributed by atoms with Crippen LogP contribution < -0.4 is 0 Å². The summed E-state index contributed by atoms with van der Waals surface area (Å²) < 4.78 is 0. The topological polar surface area (TPSA) is 118 Å². The lowest BCUT2D eigenvalue weighted by Gasteiger charge is -2.25. The molecule has 0 amide bonds. The van der Waals surface area contributed by atoms with Gasteiger partial charge in [0.1, 0.15) is 0 Å². The Morgan fingerprint density at radius 2 is 1.48 bits per heavy atom. The summed E-state index contributed by atoms with van der Waals surface area (Å²) in [6.07, 6.45) is 11.4. The summed E-state index contributed by atoms with van der Waals surface area (Å²) in [6, 6.07) is 0.0247. The quantitative estimate of drug-likeness (QED) is 0.454. The van der Waals surface area contributed by atoms with E-state index in [4.69, 9.17) is 0 Å². The Morgan fingerprint density at radius 1 is 0.926 bits per heavy atom. The van der Waals surface area contributed by atoms with Crippen molar-refractivity contribution in [2.45, 2.75) is 71.4 Å². The van der Waals surface area contributed by atoms with Gasteiger partial charge in [-0.3, -0.25) is 0 Å². The van der Waals surface area contributed by atoms with Gasteiger partial charge in [-0.15, -0.1) is 0 Å². The molecule has 0 heterocycles. The van der Waals surface area contributed by atoms with Gasteiger partial charge >= 0.3 is 0 Å². The van der Waals surface area contributed by atoms with Crippen molar-refractivity contribution in [2.75, 3.05) is 13.1 Å². The van der Waals surface area contributed by atoms with Crippen molar-refractivity contribution in [3.05, 3.63) is 0 Å². The van der Waals surface area contributed by atoms with E-state index in [1.165, 1.54) is 18.2 Å². The number of carbonyl (C=O) groups excluding carboxylic acids is 4. The van der Waals surface area contributed by atoms with Crippen molar-refractivity contribution in [2.24, 2.45) is 31.3 Å². The molecule has 8 nitrogen and oxygen atoms in total. The Bertz CT molecular complexity index is 600. The van der Waals surface area contributed by atoms with Gasteiger partial charge in [0.15, 0.2) is 0 Å². The molecule has 1 rings (SSSR count). The molecule has 27 heavy (non-hydrogen) atoms. The lowest BCUT2D eigenvalue weighted by Crippen LogP contribution is -2.20. The molecule has 3 unspecified atom stereocenters. The number of rotatable bonds is 9. The Morgan fingerprint density at radius 3 is 1.96 bits per heavy atom. The molecule has 0 N–H and O–H groups in total. The predicted molar refractivity (Wildman–Crippen MR) is 100 cm³/mol. The van der Waals surface area contributed by atoms with E-state index in [-0.39, 0.29) is 17.5 Å². The molecule has 1 aliphatic carbocycles. The van der Waals surface area contributed by atoms with Crippen LogP contribution in [-0.4, -0.2) is 49.5 Å². The van der Waals surface area contributed by atoms with Crippen LogP contribution in [0, 0.1) is 11.3 Å². The van der Waals surface area contributed by atoms with E-state index in [1.54, 1.807) is 6.08 Å². The standard InChI is InChI=1S/C11H18N2O2.C8H10N2O2/c1-10(4-5-12-8-14)6-11(2,3)7-13-9-15;11-5-9-7-2-1-3-8(4-7)10-6-12/h10H,4-7H2,1-3H3;7-8H,1-4H2. The smallest absolute Gasteiger partial charge is 0.211 e. The Kier molecular flexibility index (Phi) is 13.3. The monoisotopic (exact) mass is 376 g/mol. The minimum Gasteiger partial charge on any atom is -0.211 e. The molecule has 0 aliphatic heterocycles. The summed E-state index contributed by atoms with van der Waals surface area (Å²) in [7, 11) is 0. The molecule has 1 fully saturated rings. The largest absolute Gasteiger partial charge is 0.235 e. The number of hydrogen-bond acceptors (Lipinski definition) is 8. The summed E-state index contributed by atoms with van der Waals surface area (Å²) in [4.78, 5) is 54.1. The highest BCUT2D eigenvalue weighted by Gasteiger charge is 2.21. The second kappa shape index (κ2) is 14.7. The molecular weight excluding hydrogens is 348 g/mol. The number of hydrogen-bond donors (Lipinski definition) is 0. The SMILES string of the molecule is CC(CCN=C=O)CC(C)(C)CN=C=O.O=C=NC1CCCC(N=C=O)C1. The molecule has 0 spiro atoms. The van der Waals surface area contributed by atoms with E-state index in [2.05, 4.69) is 40.7 Å². The fourth-order valence-electron chi connectivity index (χ4n) is 3.21. The second-order valence-electron chi connectivity index (χ2n) is 7.56. The van der Waals surface area contributed by atoms with Gasteiger partial charge in [-0.1, -0.05) is 20.8 Å². The van der Waals surface area contributed by atoms with Crippen molar-refractivity contribution in [1.82, 2.24) is 0 Å². The van der Waals surface area contributed by atoms with Crippen LogP contribution in [0.3, 0.4) is 0 Å². The van der Waals surface area contributed by atoms with Gasteiger partial charge < -0.3 is 0 Å².